The molecule has 5 heteroatoms. The van der Waals surface area contributed by atoms with Crippen LogP contribution < -0.4 is 0 Å². The van der Waals surface area contributed by atoms with Gasteiger partial charge in [0.05, 0.1) is 20.3 Å². The third-order valence-corrected chi connectivity index (χ3v) is 2.47. The molecule has 5 nitrogen and oxygen atoms in total. The fourth-order valence-electron chi connectivity index (χ4n) is 1.50. The molecule has 0 saturated carbocycles. The van der Waals surface area contributed by atoms with Gasteiger partial charge in [0.2, 0.25) is 0 Å². The van der Waals surface area contributed by atoms with Gasteiger partial charge in [0.1, 0.15) is 5.75 Å². The van der Waals surface area contributed by atoms with Crippen molar-refractivity contribution in [2.24, 2.45) is 0 Å². The van der Waals surface area contributed by atoms with Gasteiger partial charge in [-0.15, -0.1) is 0 Å². The minimum atomic E-state index is -0.738. The summed E-state index contributed by atoms with van der Waals surface area (Å²) in [5.41, 5.74) is 0.644. The normalized spacial score (nSPS) is 12.1. The van der Waals surface area contributed by atoms with Gasteiger partial charge in [-0.2, -0.15) is 0 Å². The number of phenols is 1. The summed E-state index contributed by atoms with van der Waals surface area (Å²) in [7, 11) is 2.86. The van der Waals surface area contributed by atoms with Crippen molar-refractivity contribution in [3.63, 3.8) is 0 Å². The number of carbonyl (C=O) groups is 1. The minimum absolute atomic E-state index is 0.141. The number of benzene rings is 1. The first kappa shape index (κ1) is 14.5. The highest BCUT2D eigenvalue weighted by molar-refractivity contribution is 5.75. The van der Waals surface area contributed by atoms with E-state index in [-0.39, 0.29) is 12.2 Å². The molecule has 1 atom stereocenters. The van der Waals surface area contributed by atoms with E-state index in [4.69, 9.17) is 9.47 Å². The molecular weight excluding hydrogens is 236 g/mol. The van der Waals surface area contributed by atoms with E-state index in [1.807, 2.05) is 0 Å². The van der Waals surface area contributed by atoms with Crippen LogP contribution in [0.25, 0.3) is 0 Å². The average Bonchev–Trinajstić information content (AvgIpc) is 2.39. The van der Waals surface area contributed by atoms with Gasteiger partial charge in [0.25, 0.3) is 0 Å². The van der Waals surface area contributed by atoms with Crippen LogP contribution in [0.3, 0.4) is 0 Å². The first-order valence-electron chi connectivity index (χ1n) is 5.64. The molecule has 1 rings (SSSR count). The van der Waals surface area contributed by atoms with Crippen LogP contribution >= 0.6 is 0 Å². The second-order valence-corrected chi connectivity index (χ2v) is 3.71. The van der Waals surface area contributed by atoms with E-state index in [9.17, 15) is 9.90 Å². The van der Waals surface area contributed by atoms with Gasteiger partial charge in [-0.05, 0) is 11.6 Å². The molecule has 1 aromatic rings. The number of phenolic OH excluding ortho intramolecular Hbond substituents is 1. The molecule has 1 unspecified atom stereocenters. The van der Waals surface area contributed by atoms with Crippen LogP contribution in [0, 0.1) is 0 Å². The molecule has 0 aliphatic heterocycles. The molecule has 0 bridgehead atoms. The molecule has 100 valence electrons. The zero-order valence-corrected chi connectivity index (χ0v) is 10.6. The zero-order chi connectivity index (χ0) is 13.4. The first-order valence-corrected chi connectivity index (χ1v) is 5.64. The number of ether oxygens (including phenoxy) is 3. The fraction of sp³-hybridized carbons (Fsp3) is 0.462. The number of hydrogen-bond donors (Lipinski definition) is 1. The number of carbonyl (C=O) groups excluding carboxylic acids is 1. The summed E-state index contributed by atoms with van der Waals surface area (Å²) in [6.07, 6.45) is -0.471. The van der Waals surface area contributed by atoms with Crippen molar-refractivity contribution in [3.8, 4) is 5.75 Å². The Labute approximate surface area is 106 Å². The Hall–Kier alpha value is -1.59. The molecule has 0 saturated heterocycles. The Morgan fingerprint density at radius 1 is 1.28 bits per heavy atom. The number of rotatable bonds is 7. The van der Waals surface area contributed by atoms with Crippen molar-refractivity contribution in [1.29, 1.82) is 0 Å². The lowest BCUT2D eigenvalue weighted by molar-refractivity contribution is -0.154. The number of methoxy groups -OCH3 is 2. The summed E-state index contributed by atoms with van der Waals surface area (Å²) in [5, 5.41) is 9.65. The van der Waals surface area contributed by atoms with E-state index in [0.717, 1.165) is 0 Å². The summed E-state index contributed by atoms with van der Waals surface area (Å²) in [4.78, 5) is 11.6. The van der Waals surface area contributed by atoms with E-state index in [0.29, 0.717) is 18.8 Å². The van der Waals surface area contributed by atoms with Gasteiger partial charge in [-0.25, -0.2) is 4.79 Å². The third-order valence-electron chi connectivity index (χ3n) is 2.47. The largest absolute Gasteiger partial charge is 0.508 e. The van der Waals surface area contributed by atoms with Gasteiger partial charge in [0, 0.05) is 13.5 Å². The lowest BCUT2D eigenvalue weighted by Gasteiger charge is -2.16. The molecule has 0 amide bonds. The molecule has 18 heavy (non-hydrogen) atoms. The number of hydrogen-bond acceptors (Lipinski definition) is 5. The molecule has 0 aliphatic carbocycles. The van der Waals surface area contributed by atoms with E-state index in [2.05, 4.69) is 4.74 Å². The summed E-state index contributed by atoms with van der Waals surface area (Å²) in [5.74, 6) is -0.323. The molecule has 0 aromatic heterocycles. The quantitative estimate of drug-likeness (QED) is 0.584. The molecule has 0 radical (unpaired) electrons. The Bertz CT molecular complexity index is 377. The summed E-state index contributed by atoms with van der Waals surface area (Å²) >= 11 is 0. The van der Waals surface area contributed by atoms with Gasteiger partial charge < -0.3 is 19.3 Å². The van der Waals surface area contributed by atoms with Gasteiger partial charge in [-0.1, -0.05) is 18.2 Å². The highest BCUT2D eigenvalue weighted by Gasteiger charge is 2.21. The second-order valence-electron chi connectivity index (χ2n) is 3.71. The van der Waals surface area contributed by atoms with E-state index in [1.54, 1.807) is 31.4 Å². The molecular formula is C13H18O5. The van der Waals surface area contributed by atoms with E-state index in [1.165, 1.54) is 7.11 Å². The van der Waals surface area contributed by atoms with Crippen molar-refractivity contribution in [2.45, 2.75) is 12.5 Å². The Morgan fingerprint density at radius 2 is 2.00 bits per heavy atom. The lowest BCUT2D eigenvalue weighted by atomic mass is 10.1. The maximum absolute atomic E-state index is 11.6. The highest BCUT2D eigenvalue weighted by Crippen LogP contribution is 2.18. The Balaban J connectivity index is 2.66. The van der Waals surface area contributed by atoms with E-state index < -0.39 is 12.1 Å². The smallest absolute Gasteiger partial charge is 0.335 e. The maximum atomic E-state index is 11.6. The van der Waals surface area contributed by atoms with Crippen LogP contribution in [0.5, 0.6) is 5.75 Å². The van der Waals surface area contributed by atoms with Crippen molar-refractivity contribution in [3.05, 3.63) is 29.8 Å². The molecule has 1 N–H and O–H groups in total. The lowest BCUT2D eigenvalue weighted by Crippen LogP contribution is -2.29. The van der Waals surface area contributed by atoms with Crippen LogP contribution in [0.2, 0.25) is 0 Å². The minimum Gasteiger partial charge on any atom is -0.508 e. The van der Waals surface area contributed by atoms with Crippen LogP contribution in [-0.4, -0.2) is 44.6 Å². The second kappa shape index (κ2) is 7.68. The van der Waals surface area contributed by atoms with E-state index >= 15 is 0 Å². The molecule has 1 aromatic carbocycles. The van der Waals surface area contributed by atoms with Crippen LogP contribution in [0.15, 0.2) is 24.3 Å². The fourth-order valence-corrected chi connectivity index (χ4v) is 1.50. The average molecular weight is 254 g/mol. The SMILES string of the molecule is COCCOC(Cc1ccccc1O)C(=O)OC. The Kier molecular flexibility index (Phi) is 6.18. The summed E-state index contributed by atoms with van der Waals surface area (Å²) in [6, 6.07) is 6.82. The van der Waals surface area contributed by atoms with Gasteiger partial charge in [-0.3, -0.25) is 0 Å². The topological polar surface area (TPSA) is 65.0 Å². The molecule has 0 heterocycles. The molecule has 0 aliphatic rings. The monoisotopic (exact) mass is 254 g/mol. The molecule has 0 fully saturated rings. The van der Waals surface area contributed by atoms with Gasteiger partial charge >= 0.3 is 5.97 Å². The standard InChI is InChI=1S/C13H18O5/c1-16-7-8-18-12(13(15)17-2)9-10-5-3-4-6-11(10)14/h3-6,12,14H,7-9H2,1-2H3. The summed E-state index contributed by atoms with van der Waals surface area (Å²) in [6.45, 7) is 0.693. The number of esters is 1. The Morgan fingerprint density at radius 3 is 2.61 bits per heavy atom. The first-order chi connectivity index (χ1) is 8.69. The maximum Gasteiger partial charge on any atom is 0.335 e. The predicted octanol–water partition coefficient (Wildman–Crippen LogP) is 1.14. The van der Waals surface area contributed by atoms with Crippen LogP contribution in [0.1, 0.15) is 5.56 Å². The number of para-hydroxylation sites is 1. The van der Waals surface area contributed by atoms with Crippen molar-refractivity contribution < 1.29 is 24.1 Å². The van der Waals surface area contributed by atoms with Crippen molar-refractivity contribution in [1.82, 2.24) is 0 Å². The van der Waals surface area contributed by atoms with Crippen molar-refractivity contribution in [2.75, 3.05) is 27.4 Å². The molecule has 0 spiro atoms. The predicted molar refractivity (Wildman–Crippen MR) is 65.4 cm³/mol. The van der Waals surface area contributed by atoms with Crippen molar-refractivity contribution >= 4 is 5.97 Å². The zero-order valence-electron chi connectivity index (χ0n) is 10.6. The highest BCUT2D eigenvalue weighted by atomic mass is 16.6. The summed E-state index contributed by atoms with van der Waals surface area (Å²) < 4.78 is 14.9. The van der Waals surface area contributed by atoms with Crippen LogP contribution in [-0.2, 0) is 25.4 Å². The van der Waals surface area contributed by atoms with Crippen LogP contribution in [0.4, 0.5) is 0 Å². The van der Waals surface area contributed by atoms with Gasteiger partial charge in [0.15, 0.2) is 6.10 Å². The number of aromatic hydroxyl groups is 1. The third kappa shape index (κ3) is 4.35.